The average molecular weight is 387 g/mol. The topological polar surface area (TPSA) is 84.2 Å². The lowest BCUT2D eigenvalue weighted by Gasteiger charge is -2.20. The maximum absolute atomic E-state index is 13.8. The van der Waals surface area contributed by atoms with Gasteiger partial charge in [0.25, 0.3) is 5.91 Å². The molecular weight excluding hydrogens is 364 g/mol. The Morgan fingerprint density at radius 2 is 1.79 bits per heavy atom. The van der Waals surface area contributed by atoms with Crippen LogP contribution in [0.4, 0.5) is 14.5 Å². The first-order chi connectivity index (χ1) is 13.3. The molecule has 0 radical (unpaired) electrons. The number of primary amides is 1. The van der Waals surface area contributed by atoms with Crippen molar-refractivity contribution >= 4 is 17.5 Å². The largest absolute Gasteiger partial charge is 0.374 e. The zero-order valence-electron chi connectivity index (χ0n) is 15.6. The summed E-state index contributed by atoms with van der Waals surface area (Å²) in [5.41, 5.74) is 8.17. The second-order valence-electron chi connectivity index (χ2n) is 7.05. The summed E-state index contributed by atoms with van der Waals surface area (Å²) in [7, 11) is 0. The number of halogens is 2. The van der Waals surface area contributed by atoms with E-state index < -0.39 is 23.1 Å². The number of nitrogens with two attached hydrogens (primary N) is 1. The summed E-state index contributed by atoms with van der Waals surface area (Å²) in [5, 5.41) is 5.43. The Balaban J connectivity index is 1.61. The van der Waals surface area contributed by atoms with E-state index in [2.05, 4.69) is 22.8 Å². The minimum Gasteiger partial charge on any atom is -0.374 e. The molecule has 2 aromatic carbocycles. The van der Waals surface area contributed by atoms with Gasteiger partial charge in [-0.2, -0.15) is 0 Å². The summed E-state index contributed by atoms with van der Waals surface area (Å²) in [6.45, 7) is 1.65. The van der Waals surface area contributed by atoms with Gasteiger partial charge in [0.1, 0.15) is 11.6 Å². The molecule has 148 valence electrons. The molecule has 1 unspecified atom stereocenters. The minimum atomic E-state index is -1.04. The van der Waals surface area contributed by atoms with Crippen LogP contribution in [0.25, 0.3) is 0 Å². The summed E-state index contributed by atoms with van der Waals surface area (Å²) in [5.74, 6) is -3.31. The van der Waals surface area contributed by atoms with Crippen LogP contribution in [0.3, 0.4) is 0 Å². The Labute approximate surface area is 162 Å². The van der Waals surface area contributed by atoms with Crippen molar-refractivity contribution in [3.8, 4) is 0 Å². The quantitative estimate of drug-likeness (QED) is 0.712. The molecule has 2 amide bonds. The van der Waals surface area contributed by atoms with Gasteiger partial charge in [0, 0.05) is 6.07 Å². The summed E-state index contributed by atoms with van der Waals surface area (Å²) >= 11 is 0. The zero-order chi connectivity index (χ0) is 20.3. The molecule has 0 aromatic heterocycles. The number of amides is 2. The van der Waals surface area contributed by atoms with E-state index in [0.29, 0.717) is 6.07 Å². The number of benzene rings is 2. The van der Waals surface area contributed by atoms with E-state index in [-0.39, 0.29) is 24.2 Å². The van der Waals surface area contributed by atoms with Crippen molar-refractivity contribution in [3.63, 3.8) is 0 Å². The maximum atomic E-state index is 13.8. The highest BCUT2D eigenvalue weighted by Gasteiger charge is 2.16. The molecule has 5 nitrogen and oxygen atoms in total. The number of anilines is 1. The lowest BCUT2D eigenvalue weighted by atomic mass is 9.89. The van der Waals surface area contributed by atoms with E-state index >= 15 is 0 Å². The van der Waals surface area contributed by atoms with Crippen LogP contribution >= 0.6 is 0 Å². The van der Waals surface area contributed by atoms with Crippen LogP contribution in [-0.4, -0.2) is 18.4 Å². The van der Waals surface area contributed by atoms with E-state index in [1.54, 1.807) is 0 Å². The van der Waals surface area contributed by atoms with Crippen LogP contribution in [0.1, 0.15) is 52.9 Å². The normalized spacial score (nSPS) is 14.1. The van der Waals surface area contributed by atoms with Gasteiger partial charge >= 0.3 is 0 Å². The third-order valence-corrected chi connectivity index (χ3v) is 5.01. The molecule has 28 heavy (non-hydrogen) atoms. The first-order valence-corrected chi connectivity index (χ1v) is 9.29. The number of carbonyl (C=O) groups is 2. The SMILES string of the molecule is CC(NC(=O)CNc1cc(C(N)=O)c(F)cc1F)c1ccc2c(c1)CCCC2. The molecule has 1 atom stereocenters. The Morgan fingerprint density at radius 1 is 1.07 bits per heavy atom. The van der Waals surface area contributed by atoms with Crippen molar-refractivity contribution in [3.05, 3.63) is 64.2 Å². The van der Waals surface area contributed by atoms with Crippen LogP contribution in [0.2, 0.25) is 0 Å². The standard InChI is InChI=1S/C21H23F2N3O2/c1-12(14-7-6-13-4-2-3-5-15(13)8-14)26-20(27)11-25-19-9-16(21(24)28)17(22)10-18(19)23/h6-10,12,25H,2-5,11H2,1H3,(H2,24,28)(H,26,27). The third kappa shape index (κ3) is 4.47. The Kier molecular flexibility index (Phi) is 5.92. The van der Waals surface area contributed by atoms with E-state index in [1.807, 2.05) is 13.0 Å². The van der Waals surface area contributed by atoms with Gasteiger partial charge in [-0.05, 0) is 55.4 Å². The predicted molar refractivity (Wildman–Crippen MR) is 103 cm³/mol. The van der Waals surface area contributed by atoms with E-state index in [1.165, 1.54) is 24.0 Å². The molecule has 0 bridgehead atoms. The number of rotatable bonds is 6. The van der Waals surface area contributed by atoms with Gasteiger partial charge < -0.3 is 16.4 Å². The van der Waals surface area contributed by atoms with Crippen molar-refractivity contribution in [2.75, 3.05) is 11.9 Å². The minimum absolute atomic E-state index is 0.160. The van der Waals surface area contributed by atoms with Crippen LogP contribution < -0.4 is 16.4 Å². The number of hydrogen-bond acceptors (Lipinski definition) is 3. The van der Waals surface area contributed by atoms with Gasteiger partial charge in [0.15, 0.2) is 0 Å². The molecule has 0 aliphatic heterocycles. The first-order valence-electron chi connectivity index (χ1n) is 9.29. The monoisotopic (exact) mass is 387 g/mol. The molecule has 0 saturated carbocycles. The lowest BCUT2D eigenvalue weighted by molar-refractivity contribution is -0.120. The van der Waals surface area contributed by atoms with Crippen molar-refractivity contribution in [1.29, 1.82) is 0 Å². The fraction of sp³-hybridized carbons (Fsp3) is 0.333. The zero-order valence-corrected chi connectivity index (χ0v) is 15.6. The highest BCUT2D eigenvalue weighted by Crippen LogP contribution is 2.25. The number of nitrogens with one attached hydrogen (secondary N) is 2. The van der Waals surface area contributed by atoms with Crippen molar-refractivity contribution in [2.45, 2.75) is 38.6 Å². The predicted octanol–water partition coefficient (Wildman–Crippen LogP) is 3.23. The number of fused-ring (bicyclic) bond motifs is 1. The molecule has 1 aliphatic rings. The summed E-state index contributed by atoms with van der Waals surface area (Å²) < 4.78 is 27.4. The molecule has 2 aromatic rings. The van der Waals surface area contributed by atoms with Crippen LogP contribution in [0.15, 0.2) is 30.3 Å². The van der Waals surface area contributed by atoms with E-state index in [0.717, 1.165) is 24.5 Å². The van der Waals surface area contributed by atoms with E-state index in [9.17, 15) is 18.4 Å². The van der Waals surface area contributed by atoms with Crippen LogP contribution in [0.5, 0.6) is 0 Å². The van der Waals surface area contributed by atoms with E-state index in [4.69, 9.17) is 5.73 Å². The van der Waals surface area contributed by atoms with Gasteiger partial charge in [-0.15, -0.1) is 0 Å². The van der Waals surface area contributed by atoms with Crippen molar-refractivity contribution in [2.24, 2.45) is 5.73 Å². The number of aryl methyl sites for hydroxylation is 2. The van der Waals surface area contributed by atoms with Crippen LogP contribution in [0, 0.1) is 11.6 Å². The van der Waals surface area contributed by atoms with Gasteiger partial charge in [0.05, 0.1) is 23.8 Å². The second-order valence-corrected chi connectivity index (χ2v) is 7.05. The highest BCUT2D eigenvalue weighted by atomic mass is 19.1. The summed E-state index contributed by atoms with van der Waals surface area (Å²) in [6.07, 6.45) is 4.54. The molecule has 3 rings (SSSR count). The lowest BCUT2D eigenvalue weighted by Crippen LogP contribution is -2.32. The summed E-state index contributed by atoms with van der Waals surface area (Å²) in [6, 6.07) is 7.58. The third-order valence-electron chi connectivity index (χ3n) is 5.01. The highest BCUT2D eigenvalue weighted by molar-refractivity contribution is 5.94. The molecule has 4 N–H and O–H groups in total. The van der Waals surface area contributed by atoms with Gasteiger partial charge in [-0.3, -0.25) is 9.59 Å². The van der Waals surface area contributed by atoms with Gasteiger partial charge in [-0.25, -0.2) is 8.78 Å². The molecule has 0 saturated heterocycles. The fourth-order valence-corrected chi connectivity index (χ4v) is 3.45. The average Bonchev–Trinajstić information content (AvgIpc) is 2.66. The molecule has 0 heterocycles. The van der Waals surface area contributed by atoms with Gasteiger partial charge in [-0.1, -0.05) is 18.2 Å². The maximum Gasteiger partial charge on any atom is 0.251 e. The molecule has 7 heteroatoms. The Morgan fingerprint density at radius 3 is 2.50 bits per heavy atom. The van der Waals surface area contributed by atoms with Gasteiger partial charge in [0.2, 0.25) is 5.91 Å². The summed E-state index contributed by atoms with van der Waals surface area (Å²) in [4.78, 5) is 23.4. The smallest absolute Gasteiger partial charge is 0.251 e. The van der Waals surface area contributed by atoms with Crippen molar-refractivity contribution in [1.82, 2.24) is 5.32 Å². The second kappa shape index (κ2) is 8.37. The fourth-order valence-electron chi connectivity index (χ4n) is 3.45. The molecule has 0 fully saturated rings. The Hall–Kier alpha value is -2.96. The Bertz CT molecular complexity index is 915. The molecular formula is C21H23F2N3O2. The van der Waals surface area contributed by atoms with Crippen molar-refractivity contribution < 1.29 is 18.4 Å². The number of carbonyl (C=O) groups excluding carboxylic acids is 2. The molecule has 1 aliphatic carbocycles. The number of hydrogen-bond donors (Lipinski definition) is 3. The van der Waals surface area contributed by atoms with Crippen LogP contribution in [-0.2, 0) is 17.6 Å². The molecule has 0 spiro atoms. The first kappa shape index (κ1) is 19.8.